The van der Waals surface area contributed by atoms with E-state index in [0.29, 0.717) is 5.75 Å². The number of ether oxygens (including phenoxy) is 2. The van der Waals surface area contributed by atoms with E-state index in [1.54, 1.807) is 0 Å². The number of nitrogens with one attached hydrogen (secondary N) is 1. The molecule has 1 amide bonds. The van der Waals surface area contributed by atoms with E-state index in [1.165, 1.54) is 43.6 Å². The van der Waals surface area contributed by atoms with Gasteiger partial charge in [0.2, 0.25) is 0 Å². The highest BCUT2D eigenvalue weighted by Crippen LogP contribution is 2.33. The Hall–Kier alpha value is -2.81. The van der Waals surface area contributed by atoms with Crippen LogP contribution in [0.15, 0.2) is 42.7 Å². The minimum atomic E-state index is -4.69. The molecule has 1 atom stereocenters. The minimum Gasteiger partial charge on any atom is -0.497 e. The number of hydrogen-bond acceptors (Lipinski definition) is 5. The maximum Gasteiger partial charge on any atom is 0.412 e. The first kappa shape index (κ1) is 19.5. The molecule has 0 aliphatic carbocycles. The zero-order valence-electron chi connectivity index (χ0n) is 13.9. The van der Waals surface area contributed by atoms with Gasteiger partial charge in [0, 0.05) is 30.6 Å². The predicted molar refractivity (Wildman–Crippen MR) is 88.0 cm³/mol. The van der Waals surface area contributed by atoms with E-state index in [4.69, 9.17) is 15.2 Å². The van der Waals surface area contributed by atoms with E-state index in [-0.39, 0.29) is 30.0 Å². The van der Waals surface area contributed by atoms with Crippen LogP contribution in [-0.2, 0) is 0 Å². The van der Waals surface area contributed by atoms with Crippen molar-refractivity contribution in [2.75, 3.05) is 20.3 Å². The zero-order valence-corrected chi connectivity index (χ0v) is 13.9. The number of carbonyl (C=O) groups excluding carboxylic acids is 1. The summed E-state index contributed by atoms with van der Waals surface area (Å²) in [5.41, 5.74) is 5.14. The molecule has 26 heavy (non-hydrogen) atoms. The number of benzene rings is 1. The second kappa shape index (κ2) is 8.52. The maximum atomic E-state index is 13.4. The van der Waals surface area contributed by atoms with Crippen molar-refractivity contribution in [3.8, 4) is 11.5 Å². The fourth-order valence-corrected chi connectivity index (χ4v) is 2.22. The second-order valence-electron chi connectivity index (χ2n) is 5.23. The average molecular weight is 369 g/mol. The van der Waals surface area contributed by atoms with E-state index >= 15 is 0 Å². The monoisotopic (exact) mass is 369 g/mol. The van der Waals surface area contributed by atoms with Gasteiger partial charge in [-0.2, -0.15) is 13.2 Å². The van der Waals surface area contributed by atoms with Crippen LogP contribution in [0.4, 0.5) is 13.2 Å². The molecule has 2 aromatic rings. The van der Waals surface area contributed by atoms with Crippen LogP contribution < -0.4 is 20.5 Å². The summed E-state index contributed by atoms with van der Waals surface area (Å²) in [6, 6.07) is 4.60. The molecule has 1 aromatic carbocycles. The molecule has 1 aromatic heterocycles. The topological polar surface area (TPSA) is 86.5 Å². The van der Waals surface area contributed by atoms with Crippen molar-refractivity contribution >= 4 is 5.91 Å². The summed E-state index contributed by atoms with van der Waals surface area (Å²) in [4.78, 5) is 16.1. The highest BCUT2D eigenvalue weighted by Gasteiger charge is 2.42. The van der Waals surface area contributed by atoms with Crippen molar-refractivity contribution in [2.24, 2.45) is 5.73 Å². The minimum absolute atomic E-state index is 0.0580. The molecule has 1 unspecified atom stereocenters. The van der Waals surface area contributed by atoms with Gasteiger partial charge in [0.1, 0.15) is 18.1 Å². The standard InChI is InChI=1S/C17H18F3N3O3/c1-25-12-4-5-13(14(9-12)26-8-6-21)16(24)23-15(17(18,19)20)11-3-2-7-22-10-11/h2-5,7,9-10,15H,6,8,21H2,1H3,(H,23,24). The van der Waals surface area contributed by atoms with E-state index in [2.05, 4.69) is 4.98 Å². The van der Waals surface area contributed by atoms with Crippen molar-refractivity contribution in [1.82, 2.24) is 10.3 Å². The summed E-state index contributed by atoms with van der Waals surface area (Å²) >= 11 is 0. The quantitative estimate of drug-likeness (QED) is 0.783. The van der Waals surface area contributed by atoms with Crippen molar-refractivity contribution < 1.29 is 27.4 Å². The van der Waals surface area contributed by atoms with Gasteiger partial charge in [-0.3, -0.25) is 9.78 Å². The Labute approximate surface area is 148 Å². The molecule has 3 N–H and O–H groups in total. The Morgan fingerprint density at radius 2 is 2.12 bits per heavy atom. The SMILES string of the molecule is COc1ccc(C(=O)NC(c2cccnc2)C(F)(F)F)c(OCCN)c1. The van der Waals surface area contributed by atoms with E-state index in [9.17, 15) is 18.0 Å². The molecule has 0 spiro atoms. The van der Waals surface area contributed by atoms with Crippen LogP contribution in [0, 0.1) is 0 Å². The van der Waals surface area contributed by atoms with Crippen molar-refractivity contribution in [3.63, 3.8) is 0 Å². The Bertz CT molecular complexity index is 739. The normalized spacial score (nSPS) is 12.3. The lowest BCUT2D eigenvalue weighted by Gasteiger charge is -2.22. The number of rotatable bonds is 7. The number of amides is 1. The van der Waals surface area contributed by atoms with Crippen molar-refractivity contribution in [2.45, 2.75) is 12.2 Å². The summed E-state index contributed by atoms with van der Waals surface area (Å²) in [7, 11) is 1.42. The third-order valence-electron chi connectivity index (χ3n) is 3.43. The molecule has 0 aliphatic rings. The van der Waals surface area contributed by atoms with E-state index in [1.807, 2.05) is 5.32 Å². The Balaban J connectivity index is 2.32. The molecule has 0 fully saturated rings. The number of pyridine rings is 1. The molecule has 2 rings (SSSR count). The molecule has 0 aliphatic heterocycles. The van der Waals surface area contributed by atoms with Gasteiger partial charge in [0.15, 0.2) is 6.04 Å². The number of nitrogens with two attached hydrogens (primary N) is 1. The molecule has 1 heterocycles. The lowest BCUT2D eigenvalue weighted by Crippen LogP contribution is -2.38. The Morgan fingerprint density at radius 3 is 2.69 bits per heavy atom. The summed E-state index contributed by atoms with van der Waals surface area (Å²) in [6.07, 6.45) is -2.29. The van der Waals surface area contributed by atoms with Crippen LogP contribution in [0.5, 0.6) is 11.5 Å². The molecule has 9 heteroatoms. The Morgan fingerprint density at radius 1 is 1.35 bits per heavy atom. The third kappa shape index (κ3) is 4.85. The molecule has 0 saturated heterocycles. The molecular weight excluding hydrogens is 351 g/mol. The van der Waals surface area contributed by atoms with Gasteiger partial charge in [-0.15, -0.1) is 0 Å². The summed E-state index contributed by atoms with van der Waals surface area (Å²) in [6.45, 7) is 0.276. The van der Waals surface area contributed by atoms with Gasteiger partial charge in [0.05, 0.1) is 12.7 Å². The van der Waals surface area contributed by atoms with Gasteiger partial charge in [0.25, 0.3) is 5.91 Å². The van der Waals surface area contributed by atoms with Gasteiger partial charge in [-0.1, -0.05) is 6.07 Å². The number of hydrogen-bond donors (Lipinski definition) is 2. The highest BCUT2D eigenvalue weighted by atomic mass is 19.4. The molecule has 140 valence electrons. The number of methoxy groups -OCH3 is 1. The molecule has 6 nitrogen and oxygen atoms in total. The fraction of sp³-hybridized carbons (Fsp3) is 0.294. The smallest absolute Gasteiger partial charge is 0.412 e. The predicted octanol–water partition coefficient (Wildman–Crippen LogP) is 2.46. The van der Waals surface area contributed by atoms with Crippen LogP contribution in [0.2, 0.25) is 0 Å². The van der Waals surface area contributed by atoms with Gasteiger partial charge in [-0.25, -0.2) is 0 Å². The average Bonchev–Trinajstić information content (AvgIpc) is 2.63. The molecule has 0 radical (unpaired) electrons. The zero-order chi connectivity index (χ0) is 19.2. The molecule has 0 saturated carbocycles. The second-order valence-corrected chi connectivity index (χ2v) is 5.23. The first-order valence-electron chi connectivity index (χ1n) is 7.65. The summed E-state index contributed by atoms with van der Waals surface area (Å²) < 4.78 is 50.6. The summed E-state index contributed by atoms with van der Waals surface area (Å²) in [5.74, 6) is -0.460. The number of halogens is 3. The van der Waals surface area contributed by atoms with E-state index < -0.39 is 18.1 Å². The lowest BCUT2D eigenvalue weighted by atomic mass is 10.1. The van der Waals surface area contributed by atoms with E-state index in [0.717, 1.165) is 6.20 Å². The lowest BCUT2D eigenvalue weighted by molar-refractivity contribution is -0.155. The molecular formula is C17H18F3N3O3. The van der Waals surface area contributed by atoms with Gasteiger partial charge in [-0.05, 0) is 18.2 Å². The van der Waals surface area contributed by atoms with Gasteiger partial charge < -0.3 is 20.5 Å². The number of aromatic nitrogens is 1. The number of alkyl halides is 3. The van der Waals surface area contributed by atoms with Crippen LogP contribution >= 0.6 is 0 Å². The van der Waals surface area contributed by atoms with Crippen LogP contribution in [0.3, 0.4) is 0 Å². The molecule has 0 bridgehead atoms. The number of nitrogens with zero attached hydrogens (tertiary/aromatic N) is 1. The first-order valence-corrected chi connectivity index (χ1v) is 7.65. The maximum absolute atomic E-state index is 13.4. The third-order valence-corrected chi connectivity index (χ3v) is 3.43. The largest absolute Gasteiger partial charge is 0.497 e. The highest BCUT2D eigenvalue weighted by molar-refractivity contribution is 5.97. The van der Waals surface area contributed by atoms with Crippen molar-refractivity contribution in [3.05, 3.63) is 53.9 Å². The number of carbonyl (C=O) groups is 1. The van der Waals surface area contributed by atoms with Crippen molar-refractivity contribution in [1.29, 1.82) is 0 Å². The van der Waals surface area contributed by atoms with Crippen LogP contribution in [-0.4, -0.2) is 37.3 Å². The van der Waals surface area contributed by atoms with Crippen LogP contribution in [0.1, 0.15) is 22.0 Å². The van der Waals surface area contributed by atoms with Gasteiger partial charge >= 0.3 is 6.18 Å². The first-order chi connectivity index (χ1) is 12.4. The fourth-order valence-electron chi connectivity index (χ4n) is 2.22. The summed E-state index contributed by atoms with van der Waals surface area (Å²) in [5, 5.41) is 1.99. The van der Waals surface area contributed by atoms with Crippen LogP contribution in [0.25, 0.3) is 0 Å². The Kier molecular flexibility index (Phi) is 6.40.